The first-order valence-electron chi connectivity index (χ1n) is 13.9. The molecule has 0 saturated carbocycles. The Bertz CT molecular complexity index is 2150. The Balaban J connectivity index is 1.49. The number of fused-ring (bicyclic) bond motifs is 3. The van der Waals surface area contributed by atoms with Crippen LogP contribution in [0.15, 0.2) is 145 Å². The lowest BCUT2D eigenvalue weighted by molar-refractivity contribution is 1.11. The highest BCUT2D eigenvalue weighted by molar-refractivity contribution is 7.17. The van der Waals surface area contributed by atoms with Gasteiger partial charge in [0.05, 0.1) is 18.1 Å². The van der Waals surface area contributed by atoms with Gasteiger partial charge in [-0.2, -0.15) is 0 Å². The van der Waals surface area contributed by atoms with Crippen LogP contribution in [0.3, 0.4) is 0 Å². The molecule has 0 aliphatic rings. The largest absolute Gasteiger partial charge is 0.291 e. The minimum absolute atomic E-state index is 0.519. The number of benzene rings is 6. The van der Waals surface area contributed by atoms with Crippen LogP contribution in [0.25, 0.3) is 71.2 Å². The zero-order chi connectivity index (χ0) is 27.3. The molecule has 0 amide bonds. The summed E-state index contributed by atoms with van der Waals surface area (Å²) in [4.78, 5) is 5.28. The van der Waals surface area contributed by atoms with Gasteiger partial charge in [0.25, 0.3) is 0 Å². The standard InChI is InChI=1S/C37H24N2S/c1-3-12-25(13-4-1)29-18-11-19-30(26-14-5-2-6-15-26)36(29)39-34-21-10-9-20-33(34)38-37(39)32-24-40-35-23-28-17-8-7-16-27(28)22-31(32)35/h1-24H/i7D. The van der Waals surface area contributed by atoms with E-state index in [4.69, 9.17) is 6.35 Å². The highest BCUT2D eigenvalue weighted by atomic mass is 32.1. The Kier molecular flexibility index (Phi) is 5.11. The van der Waals surface area contributed by atoms with Gasteiger partial charge >= 0.3 is 0 Å². The summed E-state index contributed by atoms with van der Waals surface area (Å²) in [6, 6.07) is 47.0. The van der Waals surface area contributed by atoms with E-state index in [1.54, 1.807) is 11.3 Å². The number of aromatic nitrogens is 2. The maximum atomic E-state index is 8.18. The molecule has 0 bridgehead atoms. The van der Waals surface area contributed by atoms with Gasteiger partial charge in [0.15, 0.2) is 0 Å². The molecule has 0 aliphatic heterocycles. The Hall–Kier alpha value is -4.99. The predicted molar refractivity (Wildman–Crippen MR) is 170 cm³/mol. The van der Waals surface area contributed by atoms with Crippen molar-refractivity contribution in [3.05, 3.63) is 145 Å². The number of hydrogen-bond acceptors (Lipinski definition) is 2. The minimum atomic E-state index is 0.519. The third-order valence-corrected chi connectivity index (χ3v) is 8.55. The number of para-hydroxylation sites is 3. The first kappa shape index (κ1) is 21.9. The zero-order valence-corrected chi connectivity index (χ0v) is 22.4. The average molecular weight is 530 g/mol. The summed E-state index contributed by atoms with van der Waals surface area (Å²) < 4.78 is 11.7. The van der Waals surface area contributed by atoms with Crippen molar-refractivity contribution in [1.82, 2.24) is 9.55 Å². The van der Waals surface area contributed by atoms with Crippen LogP contribution in [0.1, 0.15) is 1.37 Å². The lowest BCUT2D eigenvalue weighted by Crippen LogP contribution is -2.03. The third kappa shape index (κ3) is 3.67. The maximum absolute atomic E-state index is 8.18. The second-order valence-electron chi connectivity index (χ2n) is 9.96. The van der Waals surface area contributed by atoms with Gasteiger partial charge in [0.2, 0.25) is 0 Å². The van der Waals surface area contributed by atoms with Crippen LogP contribution in [0.4, 0.5) is 0 Å². The van der Waals surface area contributed by atoms with Crippen LogP contribution in [0, 0.1) is 0 Å². The first-order chi connectivity index (χ1) is 20.2. The Labute approximate surface area is 237 Å². The molecule has 2 nitrogen and oxygen atoms in total. The molecule has 188 valence electrons. The van der Waals surface area contributed by atoms with E-state index in [1.807, 2.05) is 18.2 Å². The molecule has 6 aromatic carbocycles. The van der Waals surface area contributed by atoms with Crippen LogP contribution in [-0.2, 0) is 0 Å². The van der Waals surface area contributed by atoms with Crippen molar-refractivity contribution in [2.45, 2.75) is 0 Å². The topological polar surface area (TPSA) is 17.8 Å². The van der Waals surface area contributed by atoms with Crippen molar-refractivity contribution in [1.29, 1.82) is 0 Å². The van der Waals surface area contributed by atoms with Crippen molar-refractivity contribution in [3.63, 3.8) is 0 Å². The molecule has 0 aliphatic carbocycles. The molecule has 0 spiro atoms. The lowest BCUT2D eigenvalue weighted by atomic mass is 9.95. The number of hydrogen-bond donors (Lipinski definition) is 0. The van der Waals surface area contributed by atoms with Gasteiger partial charge in [0.1, 0.15) is 5.82 Å². The van der Waals surface area contributed by atoms with Crippen molar-refractivity contribution in [2.24, 2.45) is 0 Å². The second kappa shape index (κ2) is 9.33. The van der Waals surface area contributed by atoms with E-state index in [0.29, 0.717) is 6.04 Å². The zero-order valence-electron chi connectivity index (χ0n) is 22.6. The molecule has 2 aromatic heterocycles. The quantitative estimate of drug-likeness (QED) is 0.222. The molecular formula is C37H24N2S. The maximum Gasteiger partial charge on any atom is 0.147 e. The van der Waals surface area contributed by atoms with Crippen LogP contribution in [-0.4, -0.2) is 9.55 Å². The highest BCUT2D eigenvalue weighted by Gasteiger charge is 2.22. The summed E-state index contributed by atoms with van der Waals surface area (Å²) in [5, 5.41) is 5.61. The van der Waals surface area contributed by atoms with Crippen LogP contribution in [0.2, 0.25) is 0 Å². The van der Waals surface area contributed by atoms with Crippen molar-refractivity contribution in [3.8, 4) is 39.3 Å². The number of imidazole rings is 1. The van der Waals surface area contributed by atoms with E-state index in [2.05, 4.69) is 125 Å². The van der Waals surface area contributed by atoms with Gasteiger partial charge in [-0.25, -0.2) is 4.98 Å². The summed E-state index contributed by atoms with van der Waals surface area (Å²) in [6.07, 6.45) is 0. The van der Waals surface area contributed by atoms with E-state index >= 15 is 0 Å². The Morgan fingerprint density at radius 3 is 2.02 bits per heavy atom. The SMILES string of the molecule is [2H]c1ccc2cc3scc(-c4nc5ccccc5n4-c4c(-c5ccccc5)cccc4-c4ccccc4)c3cc2c1. The fraction of sp³-hybridized carbons (Fsp3) is 0. The smallest absolute Gasteiger partial charge is 0.147 e. The molecule has 0 unspecified atom stereocenters. The van der Waals surface area contributed by atoms with Crippen molar-refractivity contribution in [2.75, 3.05) is 0 Å². The number of thiophene rings is 1. The summed E-state index contributed by atoms with van der Waals surface area (Å²) in [6.45, 7) is 0. The number of nitrogens with zero attached hydrogens (tertiary/aromatic N) is 2. The summed E-state index contributed by atoms with van der Waals surface area (Å²) in [5.74, 6) is 0.916. The first-order valence-corrected chi connectivity index (χ1v) is 14.3. The van der Waals surface area contributed by atoms with E-state index in [9.17, 15) is 0 Å². The molecule has 40 heavy (non-hydrogen) atoms. The molecule has 8 rings (SSSR count). The van der Waals surface area contributed by atoms with Gasteiger partial charge in [-0.05, 0) is 46.2 Å². The Morgan fingerprint density at radius 1 is 0.600 bits per heavy atom. The van der Waals surface area contributed by atoms with E-state index in [0.717, 1.165) is 66.5 Å². The van der Waals surface area contributed by atoms with Gasteiger partial charge in [-0.15, -0.1) is 11.3 Å². The van der Waals surface area contributed by atoms with Crippen molar-refractivity contribution < 1.29 is 1.37 Å². The molecule has 0 radical (unpaired) electrons. The Morgan fingerprint density at radius 2 is 1.27 bits per heavy atom. The van der Waals surface area contributed by atoms with Crippen LogP contribution < -0.4 is 0 Å². The molecule has 8 aromatic rings. The van der Waals surface area contributed by atoms with Gasteiger partial charge in [0, 0.05) is 32.2 Å². The predicted octanol–water partition coefficient (Wildman–Crippen LogP) is 10.4. The van der Waals surface area contributed by atoms with Gasteiger partial charge < -0.3 is 0 Å². The molecule has 2 heterocycles. The monoisotopic (exact) mass is 529 g/mol. The van der Waals surface area contributed by atoms with Crippen LogP contribution in [0.5, 0.6) is 0 Å². The molecular weight excluding hydrogens is 504 g/mol. The summed E-state index contributed by atoms with van der Waals surface area (Å²) in [5.41, 5.74) is 8.86. The van der Waals surface area contributed by atoms with Crippen LogP contribution >= 0.6 is 11.3 Å². The highest BCUT2D eigenvalue weighted by Crippen LogP contribution is 2.43. The number of rotatable bonds is 4. The fourth-order valence-electron chi connectivity index (χ4n) is 5.74. The van der Waals surface area contributed by atoms with Crippen molar-refractivity contribution >= 4 is 43.2 Å². The fourth-order valence-corrected chi connectivity index (χ4v) is 6.71. The van der Waals surface area contributed by atoms with E-state index < -0.39 is 0 Å². The molecule has 0 atom stereocenters. The second-order valence-corrected chi connectivity index (χ2v) is 10.9. The van der Waals surface area contributed by atoms with E-state index in [1.165, 1.54) is 4.70 Å². The molecule has 0 N–H and O–H groups in total. The average Bonchev–Trinajstić information content (AvgIpc) is 3.61. The molecule has 0 saturated heterocycles. The van der Waals surface area contributed by atoms with Gasteiger partial charge in [-0.3, -0.25) is 4.57 Å². The summed E-state index contributed by atoms with van der Waals surface area (Å²) in [7, 11) is 0. The van der Waals surface area contributed by atoms with E-state index in [-0.39, 0.29) is 0 Å². The summed E-state index contributed by atoms with van der Waals surface area (Å²) >= 11 is 1.74. The minimum Gasteiger partial charge on any atom is -0.291 e. The lowest BCUT2D eigenvalue weighted by Gasteiger charge is -2.19. The molecule has 0 fully saturated rings. The molecule has 3 heteroatoms. The third-order valence-electron chi connectivity index (χ3n) is 7.61. The van der Waals surface area contributed by atoms with Gasteiger partial charge in [-0.1, -0.05) is 115 Å². The normalized spacial score (nSPS) is 11.8.